The second kappa shape index (κ2) is 8.26. The van der Waals surface area contributed by atoms with E-state index < -0.39 is 0 Å². The molecule has 120 valence electrons. The van der Waals surface area contributed by atoms with Gasteiger partial charge in [0.15, 0.2) is 11.8 Å². The van der Waals surface area contributed by atoms with Crippen molar-refractivity contribution in [2.24, 2.45) is 4.99 Å². The molecule has 21 heavy (non-hydrogen) atoms. The highest BCUT2D eigenvalue weighted by Gasteiger charge is 2.16. The number of aliphatic imine (C=N–C) groups is 1. The van der Waals surface area contributed by atoms with Crippen LogP contribution in [0.1, 0.15) is 45.3 Å². The molecule has 0 bridgehead atoms. The summed E-state index contributed by atoms with van der Waals surface area (Å²) in [5.74, 6) is 2.50. The van der Waals surface area contributed by atoms with Crippen LogP contribution in [0.2, 0.25) is 0 Å². The molecule has 2 N–H and O–H groups in total. The average Bonchev–Trinajstić information content (AvgIpc) is 2.91. The summed E-state index contributed by atoms with van der Waals surface area (Å²) in [7, 11) is 1.77. The summed E-state index contributed by atoms with van der Waals surface area (Å²) in [6.45, 7) is 10.1. The van der Waals surface area contributed by atoms with Gasteiger partial charge in [0.1, 0.15) is 0 Å². The second-order valence-corrected chi connectivity index (χ2v) is 7.28. The van der Waals surface area contributed by atoms with E-state index in [2.05, 4.69) is 45.9 Å². The zero-order chi connectivity index (χ0) is 15.9. The minimum Gasteiger partial charge on any atom is -0.356 e. The molecule has 7 heteroatoms. The SMILES string of the molecule is CN=C(NCCc1nc(C(C)C)no1)NCC(C)(C)SC. The van der Waals surface area contributed by atoms with Crippen LogP contribution in [0.4, 0.5) is 0 Å². The molecule has 0 atom stereocenters. The number of rotatable bonds is 7. The Labute approximate surface area is 131 Å². The van der Waals surface area contributed by atoms with Crippen LogP contribution in [0.15, 0.2) is 9.52 Å². The molecule has 0 aliphatic heterocycles. The van der Waals surface area contributed by atoms with E-state index in [1.54, 1.807) is 7.05 Å². The van der Waals surface area contributed by atoms with Crippen LogP contribution >= 0.6 is 11.8 Å². The van der Waals surface area contributed by atoms with Gasteiger partial charge in [-0.3, -0.25) is 4.99 Å². The maximum absolute atomic E-state index is 5.21. The zero-order valence-corrected chi connectivity index (χ0v) is 14.7. The van der Waals surface area contributed by atoms with E-state index >= 15 is 0 Å². The maximum atomic E-state index is 5.21. The molecule has 1 heterocycles. The number of thioether (sulfide) groups is 1. The lowest BCUT2D eigenvalue weighted by Crippen LogP contribution is -2.43. The van der Waals surface area contributed by atoms with Gasteiger partial charge in [-0.05, 0) is 20.1 Å². The number of hydrogen-bond acceptors (Lipinski definition) is 5. The van der Waals surface area contributed by atoms with Crippen molar-refractivity contribution in [3.8, 4) is 0 Å². The lowest BCUT2D eigenvalue weighted by molar-refractivity contribution is 0.371. The quantitative estimate of drug-likeness (QED) is 0.593. The molecule has 1 aromatic heterocycles. The minimum atomic E-state index is 0.177. The van der Waals surface area contributed by atoms with Gasteiger partial charge in [-0.2, -0.15) is 16.7 Å². The van der Waals surface area contributed by atoms with E-state index in [0.717, 1.165) is 18.3 Å². The van der Waals surface area contributed by atoms with E-state index in [4.69, 9.17) is 4.52 Å². The first-order valence-electron chi connectivity index (χ1n) is 7.20. The third-order valence-electron chi connectivity index (χ3n) is 3.09. The molecule has 0 amide bonds. The van der Waals surface area contributed by atoms with Crippen LogP contribution in [0.5, 0.6) is 0 Å². The van der Waals surface area contributed by atoms with E-state index in [1.807, 2.05) is 25.6 Å². The van der Waals surface area contributed by atoms with Crippen molar-refractivity contribution in [3.63, 3.8) is 0 Å². The highest BCUT2D eigenvalue weighted by molar-refractivity contribution is 7.99. The molecule has 6 nitrogen and oxygen atoms in total. The predicted octanol–water partition coefficient (Wildman–Crippen LogP) is 2.04. The highest BCUT2D eigenvalue weighted by atomic mass is 32.2. The number of guanidine groups is 1. The Balaban J connectivity index is 2.35. The van der Waals surface area contributed by atoms with Crippen LogP contribution in [-0.4, -0.2) is 47.2 Å². The topological polar surface area (TPSA) is 75.3 Å². The van der Waals surface area contributed by atoms with Crippen molar-refractivity contribution in [1.82, 2.24) is 20.8 Å². The monoisotopic (exact) mass is 313 g/mol. The molecule has 0 fully saturated rings. The van der Waals surface area contributed by atoms with Crippen molar-refractivity contribution < 1.29 is 4.52 Å². The first-order valence-corrected chi connectivity index (χ1v) is 8.42. The van der Waals surface area contributed by atoms with E-state index in [1.165, 1.54) is 0 Å². The van der Waals surface area contributed by atoms with Gasteiger partial charge in [0.2, 0.25) is 5.89 Å². The lowest BCUT2D eigenvalue weighted by atomic mass is 10.2. The molecule has 1 aromatic rings. The fourth-order valence-corrected chi connectivity index (χ4v) is 1.70. The first kappa shape index (κ1) is 17.8. The molecule has 0 aliphatic rings. The largest absolute Gasteiger partial charge is 0.356 e. The molecule has 0 unspecified atom stereocenters. The number of nitrogens with one attached hydrogen (secondary N) is 2. The maximum Gasteiger partial charge on any atom is 0.228 e. The van der Waals surface area contributed by atoms with E-state index in [0.29, 0.717) is 24.8 Å². The van der Waals surface area contributed by atoms with Crippen molar-refractivity contribution in [2.45, 2.75) is 44.8 Å². The molecule has 0 radical (unpaired) electrons. The highest BCUT2D eigenvalue weighted by Crippen LogP contribution is 2.19. The van der Waals surface area contributed by atoms with Crippen molar-refractivity contribution in [2.75, 3.05) is 26.4 Å². The summed E-state index contributed by atoms with van der Waals surface area (Å²) in [6.07, 6.45) is 2.80. The van der Waals surface area contributed by atoms with Gasteiger partial charge in [-0.1, -0.05) is 19.0 Å². The van der Waals surface area contributed by atoms with Crippen molar-refractivity contribution in [1.29, 1.82) is 0 Å². The van der Waals surface area contributed by atoms with Crippen LogP contribution in [0, 0.1) is 0 Å². The molecule has 0 spiro atoms. The van der Waals surface area contributed by atoms with Crippen molar-refractivity contribution >= 4 is 17.7 Å². The Hall–Kier alpha value is -1.24. The fraction of sp³-hybridized carbons (Fsp3) is 0.786. The standard InChI is InChI=1S/C14H27N5OS/c1-10(2)12-18-11(20-19-12)7-8-16-13(15-5)17-9-14(3,4)21-6/h10H,7-9H2,1-6H3,(H2,15,16,17). The summed E-state index contributed by atoms with van der Waals surface area (Å²) < 4.78 is 5.39. The van der Waals surface area contributed by atoms with Crippen LogP contribution < -0.4 is 10.6 Å². The Morgan fingerprint density at radius 1 is 1.38 bits per heavy atom. The molecular formula is C14H27N5OS. The average molecular weight is 313 g/mol. The number of hydrogen-bond donors (Lipinski definition) is 2. The Bertz CT molecular complexity index is 456. The zero-order valence-electron chi connectivity index (χ0n) is 13.9. The van der Waals surface area contributed by atoms with Gasteiger partial charge in [0, 0.05) is 37.2 Å². The van der Waals surface area contributed by atoms with Gasteiger partial charge < -0.3 is 15.2 Å². The van der Waals surface area contributed by atoms with Crippen LogP contribution in [-0.2, 0) is 6.42 Å². The first-order chi connectivity index (χ1) is 9.88. The van der Waals surface area contributed by atoms with Crippen molar-refractivity contribution in [3.05, 3.63) is 11.7 Å². The normalized spacial score (nSPS) is 12.8. The van der Waals surface area contributed by atoms with E-state index in [-0.39, 0.29) is 4.75 Å². The molecule has 0 saturated heterocycles. The number of aromatic nitrogens is 2. The number of nitrogens with zero attached hydrogens (tertiary/aromatic N) is 3. The predicted molar refractivity (Wildman–Crippen MR) is 89.0 cm³/mol. The third kappa shape index (κ3) is 6.37. The lowest BCUT2D eigenvalue weighted by Gasteiger charge is -2.23. The summed E-state index contributed by atoms with van der Waals surface area (Å²) in [6, 6.07) is 0. The summed E-state index contributed by atoms with van der Waals surface area (Å²) in [5.41, 5.74) is 0. The fourth-order valence-electron chi connectivity index (χ4n) is 1.48. The molecule has 1 rings (SSSR count). The van der Waals surface area contributed by atoms with Gasteiger partial charge >= 0.3 is 0 Å². The van der Waals surface area contributed by atoms with Crippen LogP contribution in [0.25, 0.3) is 0 Å². The molecular weight excluding hydrogens is 286 g/mol. The van der Waals surface area contributed by atoms with Gasteiger partial charge in [0.25, 0.3) is 0 Å². The second-order valence-electron chi connectivity index (χ2n) is 5.77. The van der Waals surface area contributed by atoms with Gasteiger partial charge in [0.05, 0.1) is 0 Å². The van der Waals surface area contributed by atoms with Gasteiger partial charge in [-0.15, -0.1) is 0 Å². The molecule has 0 aromatic carbocycles. The Morgan fingerprint density at radius 2 is 2.10 bits per heavy atom. The minimum absolute atomic E-state index is 0.177. The Kier molecular flexibility index (Phi) is 7.01. The third-order valence-corrected chi connectivity index (χ3v) is 4.34. The molecule has 0 saturated carbocycles. The smallest absolute Gasteiger partial charge is 0.228 e. The summed E-state index contributed by atoms with van der Waals surface area (Å²) in [4.78, 5) is 8.56. The van der Waals surface area contributed by atoms with Crippen LogP contribution in [0.3, 0.4) is 0 Å². The molecule has 0 aliphatic carbocycles. The van der Waals surface area contributed by atoms with Gasteiger partial charge in [-0.25, -0.2) is 0 Å². The summed E-state index contributed by atoms with van der Waals surface area (Å²) >= 11 is 1.83. The summed E-state index contributed by atoms with van der Waals surface area (Å²) in [5, 5.41) is 10.5. The Morgan fingerprint density at radius 3 is 2.62 bits per heavy atom. The van der Waals surface area contributed by atoms with E-state index in [9.17, 15) is 0 Å².